The highest BCUT2D eigenvalue weighted by atomic mass is 35.5. The average Bonchev–Trinajstić information content (AvgIpc) is 3.14. The van der Waals surface area contributed by atoms with Gasteiger partial charge in [0, 0.05) is 34.2 Å². The van der Waals surface area contributed by atoms with E-state index in [4.69, 9.17) is 21.8 Å². The maximum absolute atomic E-state index is 12.6. The number of carboxylic acids is 1. The number of carboxylic acid groups (broad SMARTS) is 1. The second-order valence-corrected chi connectivity index (χ2v) is 8.85. The van der Waals surface area contributed by atoms with E-state index in [9.17, 15) is 9.59 Å². The number of anilines is 2. The fourth-order valence-electron chi connectivity index (χ4n) is 2.97. The predicted molar refractivity (Wildman–Crippen MR) is 127 cm³/mol. The van der Waals surface area contributed by atoms with Gasteiger partial charge in [-0.2, -0.15) is 5.10 Å². The number of urea groups is 1. The van der Waals surface area contributed by atoms with Crippen molar-refractivity contribution in [2.75, 3.05) is 10.6 Å². The van der Waals surface area contributed by atoms with Crippen LogP contribution in [0.5, 0.6) is 0 Å². The largest absolute Gasteiger partial charge is 0.478 e. The molecule has 3 aromatic rings. The molecule has 3 N–H and O–H groups in total. The van der Waals surface area contributed by atoms with Crippen molar-refractivity contribution in [3.05, 3.63) is 83.0 Å². The first-order chi connectivity index (χ1) is 15.0. The lowest BCUT2D eigenvalue weighted by Crippen LogP contribution is -2.21. The SMILES string of the molecule is C=C(Cc1cccc(-n2nc(C(C)(C)C)cc2NC(=O)Nc2ccc(Cl)cc2)c1)C(=O)O. The maximum atomic E-state index is 12.6. The number of nitrogens with one attached hydrogen (secondary N) is 2. The average molecular weight is 453 g/mol. The highest BCUT2D eigenvalue weighted by Gasteiger charge is 2.22. The molecule has 0 saturated carbocycles. The van der Waals surface area contributed by atoms with E-state index in [2.05, 4.69) is 17.2 Å². The Balaban J connectivity index is 1.91. The molecular formula is C24H25ClN4O3. The highest BCUT2D eigenvalue weighted by Crippen LogP contribution is 2.27. The van der Waals surface area contributed by atoms with Gasteiger partial charge in [-0.05, 0) is 42.0 Å². The molecule has 0 unspecified atom stereocenters. The van der Waals surface area contributed by atoms with Crippen molar-refractivity contribution in [2.45, 2.75) is 32.6 Å². The van der Waals surface area contributed by atoms with Crippen LogP contribution < -0.4 is 10.6 Å². The zero-order valence-corrected chi connectivity index (χ0v) is 18.9. The first-order valence-electron chi connectivity index (χ1n) is 9.97. The third-order valence-corrected chi connectivity index (χ3v) is 4.95. The van der Waals surface area contributed by atoms with Gasteiger partial charge in [0.15, 0.2) is 0 Å². The van der Waals surface area contributed by atoms with Crippen molar-refractivity contribution in [3.63, 3.8) is 0 Å². The van der Waals surface area contributed by atoms with Crippen LogP contribution in [0.2, 0.25) is 5.02 Å². The van der Waals surface area contributed by atoms with Gasteiger partial charge < -0.3 is 10.4 Å². The summed E-state index contributed by atoms with van der Waals surface area (Å²) >= 11 is 5.90. The van der Waals surface area contributed by atoms with Crippen LogP contribution in [0.4, 0.5) is 16.3 Å². The number of amides is 2. The van der Waals surface area contributed by atoms with Gasteiger partial charge in [0.25, 0.3) is 0 Å². The molecule has 0 aliphatic heterocycles. The topological polar surface area (TPSA) is 96.3 Å². The van der Waals surface area contributed by atoms with Crippen LogP contribution in [-0.4, -0.2) is 26.9 Å². The van der Waals surface area contributed by atoms with Crippen molar-refractivity contribution in [1.82, 2.24) is 9.78 Å². The molecule has 166 valence electrons. The number of aromatic nitrogens is 2. The zero-order valence-electron chi connectivity index (χ0n) is 18.1. The molecule has 0 atom stereocenters. The van der Waals surface area contributed by atoms with Gasteiger partial charge in [0.05, 0.1) is 11.4 Å². The number of carbonyl (C=O) groups excluding carboxylic acids is 1. The number of rotatable bonds is 6. The first-order valence-corrected chi connectivity index (χ1v) is 10.4. The molecule has 0 bridgehead atoms. The van der Waals surface area contributed by atoms with Crippen molar-refractivity contribution in [3.8, 4) is 5.69 Å². The summed E-state index contributed by atoms with van der Waals surface area (Å²) in [4.78, 5) is 23.8. The lowest BCUT2D eigenvalue weighted by atomic mass is 9.92. The Labute approximate surface area is 191 Å². The number of benzene rings is 2. The Morgan fingerprint density at radius 2 is 1.78 bits per heavy atom. The van der Waals surface area contributed by atoms with Crippen LogP contribution >= 0.6 is 11.6 Å². The molecule has 2 aromatic carbocycles. The van der Waals surface area contributed by atoms with Gasteiger partial charge in [-0.3, -0.25) is 5.32 Å². The number of halogens is 1. The van der Waals surface area contributed by atoms with Crippen LogP contribution in [0, 0.1) is 0 Å². The van der Waals surface area contributed by atoms with E-state index in [1.165, 1.54) is 0 Å². The summed E-state index contributed by atoms with van der Waals surface area (Å²) < 4.78 is 1.63. The molecular weight excluding hydrogens is 428 g/mol. The first kappa shape index (κ1) is 23.1. The highest BCUT2D eigenvalue weighted by molar-refractivity contribution is 6.30. The molecule has 0 saturated heterocycles. The molecule has 0 spiro atoms. The summed E-state index contributed by atoms with van der Waals surface area (Å²) in [7, 11) is 0. The van der Waals surface area contributed by atoms with Gasteiger partial charge in [-0.1, -0.05) is 51.1 Å². The van der Waals surface area contributed by atoms with E-state index >= 15 is 0 Å². The van der Waals surface area contributed by atoms with E-state index in [0.29, 0.717) is 22.2 Å². The van der Waals surface area contributed by atoms with Crippen LogP contribution in [0.15, 0.2) is 66.7 Å². The van der Waals surface area contributed by atoms with Gasteiger partial charge in [-0.15, -0.1) is 0 Å². The molecule has 1 aromatic heterocycles. The number of nitrogens with zero attached hydrogens (tertiary/aromatic N) is 2. The Kier molecular flexibility index (Phi) is 6.69. The summed E-state index contributed by atoms with van der Waals surface area (Å²) in [5.41, 5.74) is 2.71. The second kappa shape index (κ2) is 9.28. The Hall–Kier alpha value is -3.58. The minimum Gasteiger partial charge on any atom is -0.478 e. The quantitative estimate of drug-likeness (QED) is 0.421. The van der Waals surface area contributed by atoms with E-state index in [1.54, 1.807) is 28.9 Å². The summed E-state index contributed by atoms with van der Waals surface area (Å²) in [5.74, 6) is -0.554. The van der Waals surface area contributed by atoms with Crippen molar-refractivity contribution < 1.29 is 14.7 Å². The third-order valence-electron chi connectivity index (χ3n) is 4.70. The number of hydrogen-bond donors (Lipinski definition) is 3. The summed E-state index contributed by atoms with van der Waals surface area (Å²) in [5, 5.41) is 20.0. The minimum atomic E-state index is -1.04. The van der Waals surface area contributed by atoms with Gasteiger partial charge >= 0.3 is 12.0 Å². The third kappa shape index (κ3) is 5.76. The number of aliphatic carboxylic acids is 1. The fraction of sp³-hybridized carbons (Fsp3) is 0.208. The standard InChI is InChI=1S/C24H25ClN4O3/c1-15(22(30)31)12-16-6-5-7-19(13-16)29-21(14-20(28-29)24(2,3)4)27-23(32)26-18-10-8-17(25)9-11-18/h5-11,13-14H,1,12H2,2-4H3,(H,30,31)(H2,26,27,32). The molecule has 0 aliphatic rings. The monoisotopic (exact) mass is 452 g/mol. The number of carbonyl (C=O) groups is 2. The van der Waals surface area contributed by atoms with Crippen molar-refractivity contribution in [1.29, 1.82) is 0 Å². The molecule has 7 nitrogen and oxygen atoms in total. The van der Waals surface area contributed by atoms with Gasteiger partial charge in [0.1, 0.15) is 5.82 Å². The van der Waals surface area contributed by atoms with Crippen LogP contribution in [0.1, 0.15) is 32.0 Å². The molecule has 0 aliphatic carbocycles. The van der Waals surface area contributed by atoms with E-state index < -0.39 is 12.0 Å². The summed E-state index contributed by atoms with van der Waals surface area (Å²) in [6.07, 6.45) is 0.205. The predicted octanol–water partition coefficient (Wildman–Crippen LogP) is 5.65. The molecule has 32 heavy (non-hydrogen) atoms. The van der Waals surface area contributed by atoms with Gasteiger partial charge in [-0.25, -0.2) is 14.3 Å². The van der Waals surface area contributed by atoms with Crippen molar-refractivity contribution in [2.24, 2.45) is 0 Å². The lowest BCUT2D eigenvalue weighted by Gasteiger charge is -2.14. The Bertz CT molecular complexity index is 1160. The minimum absolute atomic E-state index is 0.0960. The van der Waals surface area contributed by atoms with Crippen molar-refractivity contribution >= 4 is 35.1 Å². The zero-order chi connectivity index (χ0) is 23.5. The fourth-order valence-corrected chi connectivity index (χ4v) is 3.09. The van der Waals surface area contributed by atoms with Crippen LogP contribution in [-0.2, 0) is 16.6 Å². The number of hydrogen-bond acceptors (Lipinski definition) is 3. The lowest BCUT2D eigenvalue weighted by molar-refractivity contribution is -0.132. The Morgan fingerprint density at radius 3 is 2.41 bits per heavy atom. The van der Waals surface area contributed by atoms with Crippen LogP contribution in [0.25, 0.3) is 5.69 Å². The van der Waals surface area contributed by atoms with Crippen LogP contribution in [0.3, 0.4) is 0 Å². The molecule has 1 heterocycles. The normalized spacial score (nSPS) is 11.1. The maximum Gasteiger partial charge on any atom is 0.331 e. The van der Waals surface area contributed by atoms with E-state index in [1.807, 2.05) is 51.1 Å². The Morgan fingerprint density at radius 1 is 1.09 bits per heavy atom. The molecule has 8 heteroatoms. The van der Waals surface area contributed by atoms with E-state index in [-0.39, 0.29) is 17.4 Å². The molecule has 3 rings (SSSR count). The molecule has 0 radical (unpaired) electrons. The smallest absolute Gasteiger partial charge is 0.331 e. The van der Waals surface area contributed by atoms with Gasteiger partial charge in [0.2, 0.25) is 0 Å². The van der Waals surface area contributed by atoms with E-state index in [0.717, 1.165) is 11.3 Å². The second-order valence-electron chi connectivity index (χ2n) is 8.42. The summed E-state index contributed by atoms with van der Waals surface area (Å²) in [6.45, 7) is 9.69. The summed E-state index contributed by atoms with van der Waals surface area (Å²) in [6, 6.07) is 15.5. The molecule has 2 amide bonds. The molecule has 0 fully saturated rings.